The first kappa shape index (κ1) is 20.8. The van der Waals surface area contributed by atoms with Crippen molar-refractivity contribution in [2.45, 2.75) is 64.4 Å². The topological polar surface area (TPSA) is 68.7 Å². The fourth-order valence-electron chi connectivity index (χ4n) is 4.90. The molecule has 0 aliphatic heterocycles. The third-order valence-corrected chi connectivity index (χ3v) is 6.25. The highest BCUT2D eigenvalue weighted by Gasteiger charge is 2.38. The minimum absolute atomic E-state index is 0.100. The maximum absolute atomic E-state index is 13.6. The number of benzene rings is 1. The summed E-state index contributed by atoms with van der Waals surface area (Å²) in [7, 11) is 1.26. The van der Waals surface area contributed by atoms with Gasteiger partial charge in [-0.05, 0) is 48.8 Å². The number of ether oxygens (including phenoxy) is 2. The maximum Gasteiger partial charge on any atom is 0.513 e. The predicted molar refractivity (Wildman–Crippen MR) is 111 cm³/mol. The zero-order valence-electron chi connectivity index (χ0n) is 17.7. The van der Waals surface area contributed by atoms with E-state index >= 15 is 0 Å². The fraction of sp³-hybridized carbons (Fsp3) is 0.500. The molecule has 0 bridgehead atoms. The first-order valence-electron chi connectivity index (χ1n) is 10.6. The number of fused-ring (bicyclic) bond motifs is 1. The van der Waals surface area contributed by atoms with E-state index in [2.05, 4.69) is 13.8 Å². The summed E-state index contributed by atoms with van der Waals surface area (Å²) in [5.74, 6) is 0.156. The Morgan fingerprint density at radius 1 is 1.20 bits per heavy atom. The van der Waals surface area contributed by atoms with Crippen LogP contribution in [-0.4, -0.2) is 23.4 Å². The van der Waals surface area contributed by atoms with Gasteiger partial charge in [0.2, 0.25) is 0 Å². The second kappa shape index (κ2) is 7.99. The lowest BCUT2D eigenvalue weighted by molar-refractivity contribution is 0.0971. The summed E-state index contributed by atoms with van der Waals surface area (Å²) in [6.45, 7) is 4.24. The van der Waals surface area contributed by atoms with E-state index < -0.39 is 12.3 Å². The van der Waals surface area contributed by atoms with E-state index in [9.17, 15) is 14.3 Å². The average Bonchev–Trinajstić information content (AvgIpc) is 3.22. The number of methoxy groups -OCH3 is 1. The predicted octanol–water partition coefficient (Wildman–Crippen LogP) is 5.70. The minimum Gasteiger partial charge on any atom is -0.437 e. The van der Waals surface area contributed by atoms with Crippen LogP contribution in [0.25, 0.3) is 11.1 Å². The first-order chi connectivity index (χ1) is 14.3. The molecule has 1 N–H and O–H groups in total. The highest BCUT2D eigenvalue weighted by atomic mass is 19.1. The molecule has 160 valence electrons. The summed E-state index contributed by atoms with van der Waals surface area (Å²) >= 11 is 0. The molecule has 6 heteroatoms. The monoisotopic (exact) mass is 413 g/mol. The molecule has 2 aliphatic carbocycles. The highest BCUT2D eigenvalue weighted by Crippen LogP contribution is 2.50. The van der Waals surface area contributed by atoms with Crippen molar-refractivity contribution < 1.29 is 23.8 Å². The summed E-state index contributed by atoms with van der Waals surface area (Å²) in [4.78, 5) is 17.1. The Labute approximate surface area is 176 Å². The number of aliphatic hydroxyl groups excluding tert-OH is 1. The van der Waals surface area contributed by atoms with Gasteiger partial charge < -0.3 is 14.6 Å². The Morgan fingerprint density at radius 3 is 2.50 bits per heavy atom. The number of carbonyl (C=O) groups is 1. The zero-order chi connectivity index (χ0) is 21.5. The molecule has 5 nitrogen and oxygen atoms in total. The lowest BCUT2D eigenvalue weighted by Gasteiger charge is -2.36. The summed E-state index contributed by atoms with van der Waals surface area (Å²) in [6, 6.07) is 6.05. The third-order valence-electron chi connectivity index (χ3n) is 6.25. The Balaban J connectivity index is 2.00. The number of rotatable bonds is 3. The summed E-state index contributed by atoms with van der Waals surface area (Å²) in [5.41, 5.74) is 3.44. The summed E-state index contributed by atoms with van der Waals surface area (Å²) in [6.07, 6.45) is 3.83. The van der Waals surface area contributed by atoms with Crippen LogP contribution in [0.4, 0.5) is 9.18 Å². The van der Waals surface area contributed by atoms with Gasteiger partial charge in [0.15, 0.2) is 5.75 Å². The molecule has 0 saturated heterocycles. The quantitative estimate of drug-likeness (QED) is 0.654. The molecule has 1 atom stereocenters. The number of carbonyl (C=O) groups excluding carboxylic acids is 1. The zero-order valence-corrected chi connectivity index (χ0v) is 17.7. The van der Waals surface area contributed by atoms with Crippen LogP contribution >= 0.6 is 0 Å². The van der Waals surface area contributed by atoms with Crippen LogP contribution in [-0.2, 0) is 11.2 Å². The van der Waals surface area contributed by atoms with E-state index in [1.165, 1.54) is 19.2 Å². The number of hydrogen-bond acceptors (Lipinski definition) is 5. The van der Waals surface area contributed by atoms with Crippen molar-refractivity contribution >= 4 is 6.16 Å². The van der Waals surface area contributed by atoms with Gasteiger partial charge in [0.25, 0.3) is 0 Å². The smallest absolute Gasteiger partial charge is 0.437 e. The van der Waals surface area contributed by atoms with Gasteiger partial charge >= 0.3 is 6.16 Å². The van der Waals surface area contributed by atoms with Crippen LogP contribution in [0.1, 0.15) is 74.9 Å². The van der Waals surface area contributed by atoms with Gasteiger partial charge in [-0.1, -0.05) is 38.8 Å². The van der Waals surface area contributed by atoms with Gasteiger partial charge in [-0.2, -0.15) is 0 Å². The van der Waals surface area contributed by atoms with Gasteiger partial charge in [-0.25, -0.2) is 9.18 Å². The molecule has 0 radical (unpaired) electrons. The van der Waals surface area contributed by atoms with Crippen LogP contribution in [0.5, 0.6) is 5.75 Å². The molecule has 1 fully saturated rings. The van der Waals surface area contributed by atoms with Crippen molar-refractivity contribution in [3.63, 3.8) is 0 Å². The third kappa shape index (κ3) is 3.93. The SMILES string of the molecule is COC(=O)Oc1c(C2CCCC2)nc2c(c1-c1ccc(F)cc1)C(O)CC(C)(C)C2. The van der Waals surface area contributed by atoms with E-state index in [0.717, 1.165) is 37.1 Å². The van der Waals surface area contributed by atoms with E-state index in [4.69, 9.17) is 14.5 Å². The van der Waals surface area contributed by atoms with Gasteiger partial charge in [0.05, 0.1) is 18.9 Å². The van der Waals surface area contributed by atoms with Crippen molar-refractivity contribution in [2.75, 3.05) is 7.11 Å². The lowest BCUT2D eigenvalue weighted by Crippen LogP contribution is -2.28. The van der Waals surface area contributed by atoms with Crippen molar-refractivity contribution in [1.29, 1.82) is 0 Å². The number of pyridine rings is 1. The molecule has 1 heterocycles. The normalized spacial score (nSPS) is 20.6. The molecule has 1 saturated carbocycles. The molecular formula is C24H28FNO4. The van der Waals surface area contributed by atoms with Gasteiger partial charge in [0.1, 0.15) is 5.82 Å². The molecule has 1 unspecified atom stereocenters. The minimum atomic E-state index is -0.829. The second-order valence-electron chi connectivity index (χ2n) is 9.17. The Hall–Kier alpha value is -2.47. The lowest BCUT2D eigenvalue weighted by atomic mass is 9.72. The van der Waals surface area contributed by atoms with E-state index in [1.807, 2.05) is 0 Å². The van der Waals surface area contributed by atoms with Gasteiger partial charge in [-0.3, -0.25) is 4.98 Å². The van der Waals surface area contributed by atoms with Crippen molar-refractivity contribution in [1.82, 2.24) is 4.98 Å². The highest BCUT2D eigenvalue weighted by molar-refractivity contribution is 5.80. The summed E-state index contributed by atoms with van der Waals surface area (Å²) in [5, 5.41) is 11.1. The molecule has 1 aromatic heterocycles. The van der Waals surface area contributed by atoms with Crippen LogP contribution in [0.15, 0.2) is 24.3 Å². The average molecular weight is 413 g/mol. The fourth-order valence-corrected chi connectivity index (χ4v) is 4.90. The Morgan fingerprint density at radius 2 is 1.87 bits per heavy atom. The first-order valence-corrected chi connectivity index (χ1v) is 10.6. The summed E-state index contributed by atoms with van der Waals surface area (Å²) < 4.78 is 24.1. The maximum atomic E-state index is 13.6. The molecule has 0 amide bonds. The number of halogens is 1. The second-order valence-corrected chi connectivity index (χ2v) is 9.17. The van der Waals surface area contributed by atoms with Crippen LogP contribution in [0.3, 0.4) is 0 Å². The van der Waals surface area contributed by atoms with Gasteiger partial charge in [0, 0.05) is 22.7 Å². The van der Waals surface area contributed by atoms with Crippen molar-refractivity contribution in [2.24, 2.45) is 5.41 Å². The van der Waals surface area contributed by atoms with Gasteiger partial charge in [-0.15, -0.1) is 0 Å². The standard InChI is InChI=1S/C24H28FNO4/c1-24(2)12-17-20(18(27)13-24)19(14-8-10-16(25)11-9-14)22(30-23(28)29-3)21(26-17)15-6-4-5-7-15/h8-11,15,18,27H,4-7,12-13H2,1-3H3. The molecule has 2 aromatic rings. The van der Waals surface area contributed by atoms with E-state index in [0.29, 0.717) is 35.3 Å². The van der Waals surface area contributed by atoms with Crippen LogP contribution < -0.4 is 4.74 Å². The van der Waals surface area contributed by atoms with E-state index in [-0.39, 0.29) is 17.2 Å². The molecule has 1 aromatic carbocycles. The Kier molecular flexibility index (Phi) is 5.53. The molecule has 30 heavy (non-hydrogen) atoms. The van der Waals surface area contributed by atoms with E-state index in [1.54, 1.807) is 12.1 Å². The Bertz CT molecular complexity index is 949. The van der Waals surface area contributed by atoms with Crippen LogP contribution in [0.2, 0.25) is 0 Å². The number of aromatic nitrogens is 1. The molecular weight excluding hydrogens is 385 g/mol. The van der Waals surface area contributed by atoms with Crippen LogP contribution in [0, 0.1) is 11.2 Å². The largest absolute Gasteiger partial charge is 0.513 e. The van der Waals surface area contributed by atoms with Crippen molar-refractivity contribution in [3.05, 3.63) is 47.0 Å². The molecule has 2 aliphatic rings. The number of aliphatic hydroxyl groups is 1. The molecule has 0 spiro atoms. The van der Waals surface area contributed by atoms with Crippen molar-refractivity contribution in [3.8, 4) is 16.9 Å². The number of hydrogen-bond donors (Lipinski definition) is 1. The molecule has 4 rings (SSSR count). The number of nitrogens with zero attached hydrogens (tertiary/aromatic N) is 1.